The zero-order valence-electron chi connectivity index (χ0n) is 10.1. The van der Waals surface area contributed by atoms with E-state index in [1.54, 1.807) is 0 Å². The summed E-state index contributed by atoms with van der Waals surface area (Å²) in [6, 6.07) is 6.85. The average molecular weight is 414 g/mol. The normalized spacial score (nSPS) is 13.1. The fourth-order valence-corrected chi connectivity index (χ4v) is 2.29. The number of hydrogen-bond acceptors (Lipinski definition) is 0. The monoisotopic (exact) mass is 413 g/mol. The zero-order chi connectivity index (χ0) is 10.8. The summed E-state index contributed by atoms with van der Waals surface area (Å²) in [5.41, 5.74) is 3.98. The Hall–Kier alpha value is 1.29. The van der Waals surface area contributed by atoms with Crippen molar-refractivity contribution in [1.82, 2.24) is 0 Å². The summed E-state index contributed by atoms with van der Waals surface area (Å²) in [5.74, 6) is 0. The molecule has 2 rings (SSSR count). The average Bonchev–Trinajstić information content (AvgIpc) is 2.17. The van der Waals surface area contributed by atoms with Crippen LogP contribution in [0.25, 0.3) is 11.4 Å². The quantitative estimate of drug-likeness (QED) is 0.705. The minimum absolute atomic E-state index is 0. The molecule has 0 bridgehead atoms. The summed E-state index contributed by atoms with van der Waals surface area (Å²) in [6.07, 6.45) is 4.39. The molecule has 3 heteroatoms. The third-order valence-corrected chi connectivity index (χ3v) is 2.99. The van der Waals surface area contributed by atoms with E-state index in [1.807, 2.05) is 0 Å². The van der Waals surface area contributed by atoms with Crippen LogP contribution in [0.5, 0.6) is 0 Å². The summed E-state index contributed by atoms with van der Waals surface area (Å²) in [4.78, 5) is 0. The van der Waals surface area contributed by atoms with Crippen LogP contribution >= 0.6 is 15.9 Å². The van der Waals surface area contributed by atoms with Crippen LogP contribution in [0.2, 0.25) is 0 Å². The minimum Gasteiger partial charge on any atom is -0.686 e. The number of benzene rings is 1. The van der Waals surface area contributed by atoms with Crippen LogP contribution in [0.1, 0.15) is 38.8 Å². The molecule has 0 radical (unpaired) electrons. The molecule has 0 saturated heterocycles. The van der Waals surface area contributed by atoms with E-state index in [0.29, 0.717) is 6.04 Å². The molecular weight excluding hydrogens is 395 g/mol. The van der Waals surface area contributed by atoms with Crippen molar-refractivity contribution in [3.63, 3.8) is 0 Å². The van der Waals surface area contributed by atoms with Gasteiger partial charge in [0.1, 0.15) is 0 Å². The van der Waals surface area contributed by atoms with Gasteiger partial charge in [0.15, 0.2) is 0 Å². The Bertz CT molecular complexity index is 399. The van der Waals surface area contributed by atoms with E-state index in [1.165, 1.54) is 21.3 Å². The minimum atomic E-state index is 0. The van der Waals surface area contributed by atoms with E-state index in [-0.39, 0.29) is 76.3 Å². The molecule has 0 unspecified atom stereocenters. The van der Waals surface area contributed by atoms with Crippen molar-refractivity contribution in [3.05, 3.63) is 44.8 Å². The first kappa shape index (κ1) is 18.3. The number of hydrogen-bond donors (Lipinski definition) is 0. The van der Waals surface area contributed by atoms with Gasteiger partial charge in [0, 0.05) is 4.47 Å². The first-order chi connectivity index (χ1) is 7.15. The van der Waals surface area contributed by atoms with Crippen LogP contribution in [0.15, 0.2) is 28.4 Å². The summed E-state index contributed by atoms with van der Waals surface area (Å²) in [7, 11) is 0. The van der Waals surface area contributed by atoms with Gasteiger partial charge >= 0.3 is 68.9 Å². The standard InChI is InChI=1S/C13H15BrN.CH4.Cs/c1-9(2)15-13-6-4-10-7-12(14)5-3-11(10)8-13;;/h3,5,7-9H,4,6H2,1-2H3;1H4;/q-1;;+1. The van der Waals surface area contributed by atoms with E-state index < -0.39 is 0 Å². The molecule has 0 spiro atoms. The maximum Gasteiger partial charge on any atom is 1.00 e. The fourth-order valence-electron chi connectivity index (χ4n) is 1.88. The molecule has 1 nitrogen and oxygen atoms in total. The molecule has 0 atom stereocenters. The van der Waals surface area contributed by atoms with Crippen molar-refractivity contribution in [2.75, 3.05) is 0 Å². The molecule has 1 aliphatic rings. The molecule has 0 fully saturated rings. The molecule has 0 N–H and O–H groups in total. The number of halogens is 1. The summed E-state index contributed by atoms with van der Waals surface area (Å²) < 4.78 is 1.17. The molecule has 0 aromatic heterocycles. The molecule has 0 saturated carbocycles. The van der Waals surface area contributed by atoms with E-state index >= 15 is 0 Å². The van der Waals surface area contributed by atoms with Gasteiger partial charge in [-0.25, -0.2) is 0 Å². The number of fused-ring (bicyclic) bond motifs is 1. The molecule has 0 amide bonds. The second-order valence-corrected chi connectivity index (χ2v) is 5.12. The van der Waals surface area contributed by atoms with E-state index in [0.717, 1.165) is 12.8 Å². The van der Waals surface area contributed by atoms with E-state index in [9.17, 15) is 0 Å². The maximum absolute atomic E-state index is 4.61. The predicted octanol–water partition coefficient (Wildman–Crippen LogP) is 2.16. The van der Waals surface area contributed by atoms with Gasteiger partial charge < -0.3 is 5.32 Å². The second-order valence-electron chi connectivity index (χ2n) is 4.20. The van der Waals surface area contributed by atoms with Gasteiger partial charge in [-0.2, -0.15) is 5.70 Å². The number of rotatable bonds is 2. The molecule has 1 aromatic rings. The van der Waals surface area contributed by atoms with E-state index in [4.69, 9.17) is 0 Å². The molecule has 17 heavy (non-hydrogen) atoms. The predicted molar refractivity (Wildman–Crippen MR) is 75.7 cm³/mol. The molecule has 0 aliphatic heterocycles. The Morgan fingerprint density at radius 3 is 2.59 bits per heavy atom. The van der Waals surface area contributed by atoms with Crippen molar-refractivity contribution in [2.24, 2.45) is 0 Å². The van der Waals surface area contributed by atoms with Crippen molar-refractivity contribution < 1.29 is 68.9 Å². The Morgan fingerprint density at radius 1 is 1.24 bits per heavy atom. The van der Waals surface area contributed by atoms with Gasteiger partial charge in [0.2, 0.25) is 0 Å². The Balaban J connectivity index is 0.00000128. The van der Waals surface area contributed by atoms with Gasteiger partial charge in [-0.3, -0.25) is 0 Å². The topological polar surface area (TPSA) is 14.1 Å². The Morgan fingerprint density at radius 2 is 1.94 bits per heavy atom. The summed E-state index contributed by atoms with van der Waals surface area (Å²) in [6.45, 7) is 4.25. The van der Waals surface area contributed by atoms with Crippen molar-refractivity contribution in [2.45, 2.75) is 40.2 Å². The SMILES string of the molecule is C.CC(C)[N-]C1=Cc2ccc(Br)cc2CC1.[Cs+]. The van der Waals surface area contributed by atoms with Crippen LogP contribution in [0, 0.1) is 0 Å². The van der Waals surface area contributed by atoms with Gasteiger partial charge in [0.05, 0.1) is 0 Å². The smallest absolute Gasteiger partial charge is 0.686 e. The first-order valence-corrected chi connectivity index (χ1v) is 6.14. The van der Waals surface area contributed by atoms with Gasteiger partial charge in [-0.15, -0.1) is 6.04 Å². The Kier molecular flexibility index (Phi) is 9.10. The van der Waals surface area contributed by atoms with Gasteiger partial charge in [-0.1, -0.05) is 49.3 Å². The summed E-state index contributed by atoms with van der Waals surface area (Å²) >= 11 is 3.50. The van der Waals surface area contributed by atoms with Crippen LogP contribution in [-0.4, -0.2) is 6.04 Å². The number of nitrogens with zero attached hydrogens (tertiary/aromatic N) is 1. The maximum atomic E-state index is 4.61. The van der Waals surface area contributed by atoms with Gasteiger partial charge in [0.25, 0.3) is 0 Å². The molecular formula is C14H19BrCsN. The van der Waals surface area contributed by atoms with Crippen molar-refractivity contribution in [3.8, 4) is 0 Å². The van der Waals surface area contributed by atoms with Crippen LogP contribution in [0.4, 0.5) is 0 Å². The van der Waals surface area contributed by atoms with Crippen molar-refractivity contribution >= 4 is 22.0 Å². The van der Waals surface area contributed by atoms with Crippen LogP contribution in [-0.2, 0) is 6.42 Å². The largest absolute Gasteiger partial charge is 1.00 e. The fraction of sp³-hybridized carbons (Fsp3) is 0.429. The van der Waals surface area contributed by atoms with Crippen LogP contribution in [0.3, 0.4) is 0 Å². The van der Waals surface area contributed by atoms with Crippen LogP contribution < -0.4 is 68.9 Å². The molecule has 88 valence electrons. The summed E-state index contributed by atoms with van der Waals surface area (Å²) in [5, 5.41) is 4.61. The molecule has 1 aliphatic carbocycles. The number of aryl methyl sites for hydroxylation is 1. The molecule has 1 aromatic carbocycles. The third-order valence-electron chi connectivity index (χ3n) is 2.50. The zero-order valence-corrected chi connectivity index (χ0v) is 18.0. The van der Waals surface area contributed by atoms with E-state index in [2.05, 4.69) is 59.4 Å². The van der Waals surface area contributed by atoms with Crippen molar-refractivity contribution in [1.29, 1.82) is 0 Å². The first-order valence-electron chi connectivity index (χ1n) is 5.35. The second kappa shape index (κ2) is 8.46. The molecule has 0 heterocycles. The Labute approximate surface area is 172 Å². The van der Waals surface area contributed by atoms with Gasteiger partial charge in [-0.05, 0) is 36.1 Å². The number of allylic oxidation sites excluding steroid dienone is 1. The third kappa shape index (κ3) is 5.43.